The third-order valence-electron chi connectivity index (χ3n) is 6.10. The Bertz CT molecular complexity index is 1310. The van der Waals surface area contributed by atoms with Gasteiger partial charge in [0.05, 0.1) is 11.0 Å². The molecular weight excluding hydrogens is 436 g/mol. The largest absolute Gasteiger partial charge is 0.352 e. The molecule has 3 aromatic carbocycles. The molecule has 0 aliphatic rings. The number of carbonyl (C=O) groups excluding carboxylic acids is 2. The molecule has 0 radical (unpaired) electrons. The number of carbonyl (C=O) groups is 2. The monoisotopic (exact) mass is 468 g/mol. The van der Waals surface area contributed by atoms with Crippen molar-refractivity contribution in [1.29, 1.82) is 0 Å². The summed E-state index contributed by atoms with van der Waals surface area (Å²) in [7, 11) is 0. The molecule has 1 heterocycles. The summed E-state index contributed by atoms with van der Waals surface area (Å²) in [4.78, 5) is 32.6. The third-order valence-corrected chi connectivity index (χ3v) is 6.10. The average Bonchev–Trinajstić information content (AvgIpc) is 3.19. The van der Waals surface area contributed by atoms with Crippen LogP contribution in [0.25, 0.3) is 11.0 Å². The first kappa shape index (κ1) is 24.2. The number of hydrogen-bond donors (Lipinski definition) is 1. The number of hydrogen-bond acceptors (Lipinski definition) is 3. The predicted octanol–water partition coefficient (Wildman–Crippen LogP) is 5.15. The maximum absolute atomic E-state index is 13.5. The number of aryl methyl sites for hydroxylation is 2. The topological polar surface area (TPSA) is 67.2 Å². The van der Waals surface area contributed by atoms with Crippen LogP contribution in [-0.2, 0) is 17.8 Å². The summed E-state index contributed by atoms with van der Waals surface area (Å²) in [5, 5.41) is 3.01. The minimum Gasteiger partial charge on any atom is -0.352 e. The van der Waals surface area contributed by atoms with Crippen LogP contribution >= 0.6 is 0 Å². The molecule has 0 aliphatic carbocycles. The normalized spacial score (nSPS) is 11.1. The van der Waals surface area contributed by atoms with Crippen molar-refractivity contribution in [3.63, 3.8) is 0 Å². The SMILES string of the molecule is Cc1ccccc1C(=O)NCCCc1nc2ccccc2n1CC(=O)N(c1ccccc1)C(C)C. The van der Waals surface area contributed by atoms with Crippen LogP contribution in [0.15, 0.2) is 78.9 Å². The van der Waals surface area contributed by atoms with Crippen LogP contribution in [-0.4, -0.2) is 34.0 Å². The summed E-state index contributed by atoms with van der Waals surface area (Å²) < 4.78 is 2.01. The molecule has 0 fully saturated rings. The molecular formula is C29H32N4O2. The number of para-hydroxylation sites is 3. The van der Waals surface area contributed by atoms with Gasteiger partial charge in [0.2, 0.25) is 5.91 Å². The highest BCUT2D eigenvalue weighted by Gasteiger charge is 2.22. The van der Waals surface area contributed by atoms with Gasteiger partial charge in [-0.2, -0.15) is 0 Å². The van der Waals surface area contributed by atoms with Gasteiger partial charge in [-0.05, 0) is 63.1 Å². The van der Waals surface area contributed by atoms with Gasteiger partial charge in [-0.1, -0.05) is 48.5 Å². The lowest BCUT2D eigenvalue weighted by Gasteiger charge is -2.27. The molecule has 0 atom stereocenters. The summed E-state index contributed by atoms with van der Waals surface area (Å²) in [5.41, 5.74) is 4.35. The second-order valence-corrected chi connectivity index (χ2v) is 8.97. The van der Waals surface area contributed by atoms with E-state index in [0.29, 0.717) is 18.5 Å². The fourth-order valence-corrected chi connectivity index (χ4v) is 4.39. The zero-order chi connectivity index (χ0) is 24.8. The Morgan fingerprint density at radius 1 is 0.943 bits per heavy atom. The van der Waals surface area contributed by atoms with Gasteiger partial charge in [0.25, 0.3) is 5.91 Å². The van der Waals surface area contributed by atoms with E-state index in [9.17, 15) is 9.59 Å². The molecule has 180 valence electrons. The lowest BCUT2D eigenvalue weighted by atomic mass is 10.1. The van der Waals surface area contributed by atoms with Crippen LogP contribution in [0.3, 0.4) is 0 Å². The Morgan fingerprint density at radius 3 is 2.37 bits per heavy atom. The average molecular weight is 469 g/mol. The minimum atomic E-state index is -0.0674. The number of aromatic nitrogens is 2. The highest BCUT2D eigenvalue weighted by Crippen LogP contribution is 2.21. The molecule has 0 aliphatic heterocycles. The highest BCUT2D eigenvalue weighted by atomic mass is 16.2. The minimum absolute atomic E-state index is 0.0171. The molecule has 1 aromatic heterocycles. The van der Waals surface area contributed by atoms with Crippen molar-refractivity contribution in [2.75, 3.05) is 11.4 Å². The number of nitrogens with zero attached hydrogens (tertiary/aromatic N) is 3. The van der Waals surface area contributed by atoms with Crippen molar-refractivity contribution in [1.82, 2.24) is 14.9 Å². The molecule has 0 saturated heterocycles. The summed E-state index contributed by atoms with van der Waals surface area (Å²) in [5.74, 6) is 0.798. The molecule has 35 heavy (non-hydrogen) atoms. The van der Waals surface area contributed by atoms with Crippen LogP contribution in [0.2, 0.25) is 0 Å². The summed E-state index contributed by atoms with van der Waals surface area (Å²) in [6.07, 6.45) is 1.38. The molecule has 6 nitrogen and oxygen atoms in total. The predicted molar refractivity (Wildman–Crippen MR) is 141 cm³/mol. The lowest BCUT2D eigenvalue weighted by molar-refractivity contribution is -0.119. The molecule has 4 rings (SSSR count). The second-order valence-electron chi connectivity index (χ2n) is 8.97. The fourth-order valence-electron chi connectivity index (χ4n) is 4.39. The van der Waals surface area contributed by atoms with Crippen LogP contribution in [0.5, 0.6) is 0 Å². The second kappa shape index (κ2) is 11.0. The zero-order valence-corrected chi connectivity index (χ0v) is 20.6. The zero-order valence-electron chi connectivity index (χ0n) is 20.6. The van der Waals surface area contributed by atoms with Crippen LogP contribution < -0.4 is 10.2 Å². The van der Waals surface area contributed by atoms with E-state index >= 15 is 0 Å². The Hall–Kier alpha value is -3.93. The molecule has 2 amide bonds. The van der Waals surface area contributed by atoms with E-state index in [2.05, 4.69) is 5.32 Å². The van der Waals surface area contributed by atoms with Gasteiger partial charge in [0.15, 0.2) is 0 Å². The van der Waals surface area contributed by atoms with Crippen LogP contribution in [0, 0.1) is 6.92 Å². The smallest absolute Gasteiger partial charge is 0.251 e. The van der Waals surface area contributed by atoms with Crippen molar-refractivity contribution in [3.05, 3.63) is 95.8 Å². The highest BCUT2D eigenvalue weighted by molar-refractivity contribution is 5.95. The first-order valence-electron chi connectivity index (χ1n) is 12.1. The number of anilines is 1. The molecule has 4 aromatic rings. The Labute approximate surface area is 206 Å². The summed E-state index contributed by atoms with van der Waals surface area (Å²) >= 11 is 0. The quantitative estimate of drug-likeness (QED) is 0.346. The van der Waals surface area contributed by atoms with Gasteiger partial charge in [0.1, 0.15) is 12.4 Å². The number of amides is 2. The lowest BCUT2D eigenvalue weighted by Crippen LogP contribution is -2.39. The van der Waals surface area contributed by atoms with Gasteiger partial charge >= 0.3 is 0 Å². The Kier molecular flexibility index (Phi) is 7.60. The van der Waals surface area contributed by atoms with E-state index in [0.717, 1.165) is 34.5 Å². The van der Waals surface area contributed by atoms with Gasteiger partial charge < -0.3 is 14.8 Å². The molecule has 0 spiro atoms. The Morgan fingerprint density at radius 2 is 1.63 bits per heavy atom. The van der Waals surface area contributed by atoms with Gasteiger partial charge in [-0.3, -0.25) is 9.59 Å². The van der Waals surface area contributed by atoms with Crippen molar-refractivity contribution < 1.29 is 9.59 Å². The van der Waals surface area contributed by atoms with Gasteiger partial charge in [0, 0.05) is 30.3 Å². The molecule has 0 unspecified atom stereocenters. The van der Waals surface area contributed by atoms with Crippen LogP contribution in [0.1, 0.15) is 42.0 Å². The van der Waals surface area contributed by atoms with Crippen molar-refractivity contribution in [2.45, 2.75) is 46.2 Å². The number of imidazole rings is 1. The standard InChI is InChI=1S/C29H32N4O2/c1-21(2)33(23-13-5-4-6-14-23)28(34)20-32-26-17-10-9-16-25(26)31-27(32)18-11-19-30-29(35)24-15-8-7-12-22(24)3/h4-10,12-17,21H,11,18-20H2,1-3H3,(H,30,35). The first-order valence-corrected chi connectivity index (χ1v) is 12.1. The fraction of sp³-hybridized carbons (Fsp3) is 0.276. The molecule has 0 saturated carbocycles. The van der Waals surface area contributed by atoms with E-state index in [1.165, 1.54) is 0 Å². The van der Waals surface area contributed by atoms with Crippen LogP contribution in [0.4, 0.5) is 5.69 Å². The van der Waals surface area contributed by atoms with Crippen molar-refractivity contribution >= 4 is 28.5 Å². The van der Waals surface area contributed by atoms with E-state index in [-0.39, 0.29) is 24.4 Å². The summed E-state index contributed by atoms with van der Waals surface area (Å²) in [6, 6.07) is 25.3. The summed E-state index contributed by atoms with van der Waals surface area (Å²) in [6.45, 7) is 6.72. The Balaban J connectivity index is 1.48. The third kappa shape index (κ3) is 5.60. The van der Waals surface area contributed by atoms with E-state index < -0.39 is 0 Å². The maximum Gasteiger partial charge on any atom is 0.251 e. The van der Waals surface area contributed by atoms with Gasteiger partial charge in [-0.15, -0.1) is 0 Å². The maximum atomic E-state index is 13.5. The van der Waals surface area contributed by atoms with Crippen molar-refractivity contribution in [2.24, 2.45) is 0 Å². The number of benzene rings is 3. The number of nitrogens with one attached hydrogen (secondary N) is 1. The van der Waals surface area contributed by atoms with Gasteiger partial charge in [-0.25, -0.2) is 4.98 Å². The molecule has 1 N–H and O–H groups in total. The number of rotatable bonds is 9. The molecule has 6 heteroatoms. The van der Waals surface area contributed by atoms with E-state index in [1.807, 2.05) is 109 Å². The molecule has 0 bridgehead atoms. The van der Waals surface area contributed by atoms with E-state index in [1.54, 1.807) is 0 Å². The van der Waals surface area contributed by atoms with Crippen molar-refractivity contribution in [3.8, 4) is 0 Å². The number of fused-ring (bicyclic) bond motifs is 1. The van der Waals surface area contributed by atoms with E-state index in [4.69, 9.17) is 4.98 Å². The first-order chi connectivity index (χ1) is 17.0.